The van der Waals surface area contributed by atoms with Crippen LogP contribution in [0.15, 0.2) is 0 Å². The SMILES string of the molecule is CC1(C)C2CCC1(C)C1(CO1)C2. The molecule has 1 heterocycles. The van der Waals surface area contributed by atoms with Crippen LogP contribution in [0.5, 0.6) is 0 Å². The largest absolute Gasteiger partial charge is 0.369 e. The highest BCUT2D eigenvalue weighted by atomic mass is 16.6. The molecule has 12 heavy (non-hydrogen) atoms. The Balaban J connectivity index is 2.12. The fourth-order valence-corrected chi connectivity index (χ4v) is 3.92. The summed E-state index contributed by atoms with van der Waals surface area (Å²) in [4.78, 5) is 0. The number of epoxide rings is 1. The van der Waals surface area contributed by atoms with E-state index < -0.39 is 0 Å². The second-order valence-electron chi connectivity index (χ2n) is 5.78. The Morgan fingerprint density at radius 2 is 1.92 bits per heavy atom. The minimum absolute atomic E-state index is 0.333. The van der Waals surface area contributed by atoms with Crippen molar-refractivity contribution in [3.8, 4) is 0 Å². The lowest BCUT2D eigenvalue weighted by Gasteiger charge is -2.37. The molecule has 0 N–H and O–H groups in total. The van der Waals surface area contributed by atoms with Crippen LogP contribution in [0.2, 0.25) is 0 Å². The molecule has 3 aliphatic rings. The molecule has 0 aromatic heterocycles. The summed E-state index contributed by atoms with van der Waals surface area (Å²) in [6, 6.07) is 0. The first-order valence-corrected chi connectivity index (χ1v) is 5.16. The number of rotatable bonds is 0. The summed E-state index contributed by atoms with van der Waals surface area (Å²) in [5.74, 6) is 0.935. The first-order chi connectivity index (χ1) is 5.52. The van der Waals surface area contributed by atoms with Gasteiger partial charge >= 0.3 is 0 Å². The standard InChI is InChI=1S/C11H18O/c1-9(2)8-4-5-10(9,3)11(6-8)7-12-11/h8H,4-7H2,1-3H3. The van der Waals surface area contributed by atoms with Gasteiger partial charge in [-0.25, -0.2) is 0 Å². The van der Waals surface area contributed by atoms with Crippen LogP contribution in [-0.2, 0) is 4.74 Å². The summed E-state index contributed by atoms with van der Waals surface area (Å²) in [6.07, 6.45) is 4.18. The van der Waals surface area contributed by atoms with Crippen molar-refractivity contribution < 1.29 is 4.74 Å². The molecular formula is C11H18O. The summed E-state index contributed by atoms with van der Waals surface area (Å²) in [6.45, 7) is 8.39. The van der Waals surface area contributed by atoms with Crippen molar-refractivity contribution in [1.82, 2.24) is 0 Å². The Labute approximate surface area is 74.5 Å². The number of hydrogen-bond acceptors (Lipinski definition) is 1. The van der Waals surface area contributed by atoms with Gasteiger partial charge in [-0.15, -0.1) is 0 Å². The highest BCUT2D eigenvalue weighted by Crippen LogP contribution is 2.74. The van der Waals surface area contributed by atoms with E-state index in [1.807, 2.05) is 0 Å². The third-order valence-corrected chi connectivity index (χ3v) is 5.51. The van der Waals surface area contributed by atoms with E-state index in [0.29, 0.717) is 16.4 Å². The van der Waals surface area contributed by atoms with Gasteiger partial charge in [-0.3, -0.25) is 0 Å². The average Bonchev–Trinajstić information content (AvgIpc) is 2.69. The quantitative estimate of drug-likeness (QED) is 0.504. The van der Waals surface area contributed by atoms with Crippen LogP contribution < -0.4 is 0 Å². The van der Waals surface area contributed by atoms with Gasteiger partial charge in [0.1, 0.15) is 0 Å². The molecule has 3 atom stereocenters. The summed E-state index contributed by atoms with van der Waals surface area (Å²) in [5.41, 5.74) is 1.35. The average molecular weight is 166 g/mol. The Hall–Kier alpha value is -0.0400. The smallest absolute Gasteiger partial charge is 0.0977 e. The van der Waals surface area contributed by atoms with Gasteiger partial charge in [0.05, 0.1) is 12.2 Å². The van der Waals surface area contributed by atoms with Crippen molar-refractivity contribution in [3.05, 3.63) is 0 Å². The molecule has 0 aromatic carbocycles. The van der Waals surface area contributed by atoms with Gasteiger partial charge in [0.15, 0.2) is 0 Å². The number of ether oxygens (including phenoxy) is 1. The minimum atomic E-state index is 0.333. The molecule has 2 saturated carbocycles. The van der Waals surface area contributed by atoms with Crippen LogP contribution in [0.4, 0.5) is 0 Å². The second kappa shape index (κ2) is 1.61. The Morgan fingerprint density at radius 1 is 1.25 bits per heavy atom. The monoisotopic (exact) mass is 166 g/mol. The molecule has 1 saturated heterocycles. The molecule has 2 aliphatic carbocycles. The molecule has 3 fully saturated rings. The van der Waals surface area contributed by atoms with Crippen molar-refractivity contribution in [2.45, 2.75) is 45.6 Å². The van der Waals surface area contributed by atoms with Gasteiger partial charge < -0.3 is 4.74 Å². The van der Waals surface area contributed by atoms with Crippen LogP contribution in [0.25, 0.3) is 0 Å². The summed E-state index contributed by atoms with van der Waals surface area (Å²) < 4.78 is 5.73. The Bertz CT molecular complexity index is 239. The molecule has 1 nitrogen and oxygen atoms in total. The molecule has 3 unspecified atom stereocenters. The lowest BCUT2D eigenvalue weighted by Crippen LogP contribution is -2.38. The zero-order valence-corrected chi connectivity index (χ0v) is 8.31. The second-order valence-corrected chi connectivity index (χ2v) is 5.78. The molecule has 0 radical (unpaired) electrons. The topological polar surface area (TPSA) is 12.5 Å². The molecule has 1 spiro atoms. The van der Waals surface area contributed by atoms with Gasteiger partial charge in [0.25, 0.3) is 0 Å². The third kappa shape index (κ3) is 0.501. The van der Waals surface area contributed by atoms with E-state index in [2.05, 4.69) is 20.8 Å². The molecule has 3 rings (SSSR count). The van der Waals surface area contributed by atoms with Crippen molar-refractivity contribution in [1.29, 1.82) is 0 Å². The maximum Gasteiger partial charge on any atom is 0.0977 e. The summed E-state index contributed by atoms with van der Waals surface area (Å²) in [5, 5.41) is 0. The normalized spacial score (nSPS) is 59.8. The maximum atomic E-state index is 5.73. The zero-order chi connectivity index (χ0) is 8.61. The van der Waals surface area contributed by atoms with Gasteiger partial charge in [0.2, 0.25) is 0 Å². The van der Waals surface area contributed by atoms with Crippen molar-refractivity contribution in [2.75, 3.05) is 6.61 Å². The molecular weight excluding hydrogens is 148 g/mol. The lowest BCUT2D eigenvalue weighted by atomic mass is 9.66. The highest BCUT2D eigenvalue weighted by Gasteiger charge is 2.74. The van der Waals surface area contributed by atoms with Gasteiger partial charge in [-0.1, -0.05) is 20.8 Å². The third-order valence-electron chi connectivity index (χ3n) is 5.51. The molecule has 1 heteroatoms. The summed E-state index contributed by atoms with van der Waals surface area (Å²) >= 11 is 0. The predicted molar refractivity (Wildman–Crippen MR) is 47.9 cm³/mol. The van der Waals surface area contributed by atoms with E-state index in [1.54, 1.807) is 0 Å². The van der Waals surface area contributed by atoms with Crippen LogP contribution >= 0.6 is 0 Å². The van der Waals surface area contributed by atoms with E-state index in [1.165, 1.54) is 19.3 Å². The molecule has 0 aromatic rings. The van der Waals surface area contributed by atoms with Crippen LogP contribution in [0.1, 0.15) is 40.0 Å². The van der Waals surface area contributed by atoms with E-state index in [9.17, 15) is 0 Å². The van der Waals surface area contributed by atoms with E-state index in [4.69, 9.17) is 4.74 Å². The van der Waals surface area contributed by atoms with Crippen LogP contribution in [-0.4, -0.2) is 12.2 Å². The van der Waals surface area contributed by atoms with Gasteiger partial charge in [-0.2, -0.15) is 0 Å². The van der Waals surface area contributed by atoms with Crippen molar-refractivity contribution >= 4 is 0 Å². The zero-order valence-electron chi connectivity index (χ0n) is 8.31. The minimum Gasteiger partial charge on any atom is -0.369 e. The molecule has 1 aliphatic heterocycles. The van der Waals surface area contributed by atoms with Crippen LogP contribution in [0, 0.1) is 16.7 Å². The molecule has 68 valence electrons. The first kappa shape index (κ1) is 7.37. The van der Waals surface area contributed by atoms with Gasteiger partial charge in [0, 0.05) is 5.41 Å². The molecule has 0 amide bonds. The Morgan fingerprint density at radius 3 is 2.17 bits per heavy atom. The van der Waals surface area contributed by atoms with E-state index in [0.717, 1.165) is 12.5 Å². The van der Waals surface area contributed by atoms with E-state index >= 15 is 0 Å². The number of fused-ring (bicyclic) bond motifs is 3. The molecule has 2 bridgehead atoms. The lowest BCUT2D eigenvalue weighted by molar-refractivity contribution is 0.0701. The fourth-order valence-electron chi connectivity index (χ4n) is 3.92. The maximum absolute atomic E-state index is 5.73. The van der Waals surface area contributed by atoms with Crippen LogP contribution in [0.3, 0.4) is 0 Å². The highest BCUT2D eigenvalue weighted by molar-refractivity contribution is 5.23. The first-order valence-electron chi connectivity index (χ1n) is 5.16. The Kier molecular flexibility index (Phi) is 0.991. The van der Waals surface area contributed by atoms with Crippen molar-refractivity contribution in [3.63, 3.8) is 0 Å². The van der Waals surface area contributed by atoms with Crippen molar-refractivity contribution in [2.24, 2.45) is 16.7 Å². The van der Waals surface area contributed by atoms with E-state index in [-0.39, 0.29) is 0 Å². The predicted octanol–water partition coefficient (Wildman–Crippen LogP) is 2.60. The number of hydrogen-bond donors (Lipinski definition) is 0. The van der Waals surface area contributed by atoms with Gasteiger partial charge in [-0.05, 0) is 30.6 Å². The fraction of sp³-hybridized carbons (Fsp3) is 1.00. The summed E-state index contributed by atoms with van der Waals surface area (Å²) in [7, 11) is 0.